The van der Waals surface area contributed by atoms with Crippen molar-refractivity contribution in [3.63, 3.8) is 0 Å². The number of thioether (sulfide) groups is 1. The first-order chi connectivity index (χ1) is 8.65. The molecule has 0 aliphatic carbocycles. The van der Waals surface area contributed by atoms with Gasteiger partial charge in [0.25, 0.3) is 0 Å². The molecule has 100 valence electrons. The minimum Gasteiger partial charge on any atom is -0.497 e. The summed E-state index contributed by atoms with van der Waals surface area (Å²) in [5.74, 6) is 1.28. The molecule has 1 aromatic rings. The molecule has 0 saturated heterocycles. The smallest absolute Gasteiger partial charge is 0.230 e. The Labute approximate surface area is 112 Å². The van der Waals surface area contributed by atoms with Crippen molar-refractivity contribution in [1.82, 2.24) is 10.6 Å². The summed E-state index contributed by atoms with van der Waals surface area (Å²) in [5.41, 5.74) is 0. The second-order valence-corrected chi connectivity index (χ2v) is 5.01. The van der Waals surface area contributed by atoms with E-state index in [1.165, 1.54) is 11.8 Å². The number of nitrogens with one attached hydrogen (secondary N) is 2. The van der Waals surface area contributed by atoms with E-state index in [1.807, 2.05) is 38.2 Å². The van der Waals surface area contributed by atoms with Crippen molar-refractivity contribution in [3.8, 4) is 5.75 Å². The zero-order valence-corrected chi connectivity index (χ0v) is 11.8. The molecule has 0 fully saturated rings. The molecule has 1 rings (SSSR count). The number of rotatable bonds is 7. The van der Waals surface area contributed by atoms with Gasteiger partial charge < -0.3 is 15.4 Å². The van der Waals surface area contributed by atoms with Crippen LogP contribution in [0.3, 0.4) is 0 Å². The summed E-state index contributed by atoms with van der Waals surface area (Å²) in [6, 6.07) is 7.99. The van der Waals surface area contributed by atoms with E-state index < -0.39 is 0 Å². The van der Waals surface area contributed by atoms with E-state index in [1.54, 1.807) is 7.11 Å². The third-order valence-corrected chi connectivity index (χ3v) is 3.50. The highest BCUT2D eigenvalue weighted by Crippen LogP contribution is 2.22. The van der Waals surface area contributed by atoms with Gasteiger partial charge >= 0.3 is 0 Å². The Morgan fingerprint density at radius 1 is 1.50 bits per heavy atom. The number of carbonyl (C=O) groups excluding carboxylic acids is 1. The van der Waals surface area contributed by atoms with E-state index in [4.69, 9.17) is 4.74 Å². The molecule has 0 saturated carbocycles. The summed E-state index contributed by atoms with van der Waals surface area (Å²) < 4.78 is 5.13. The summed E-state index contributed by atoms with van der Waals surface area (Å²) >= 11 is 1.50. The van der Waals surface area contributed by atoms with Crippen molar-refractivity contribution in [2.24, 2.45) is 0 Å². The van der Waals surface area contributed by atoms with E-state index >= 15 is 0 Å². The van der Waals surface area contributed by atoms with Gasteiger partial charge in [-0.05, 0) is 32.2 Å². The van der Waals surface area contributed by atoms with Gasteiger partial charge in [0.05, 0.1) is 12.9 Å². The van der Waals surface area contributed by atoms with Crippen molar-refractivity contribution in [2.45, 2.75) is 17.9 Å². The molecule has 0 aliphatic rings. The predicted molar refractivity (Wildman–Crippen MR) is 75.2 cm³/mol. The number of amides is 1. The predicted octanol–water partition coefficient (Wildman–Crippen LogP) is 1.51. The number of hydrogen-bond acceptors (Lipinski definition) is 4. The Morgan fingerprint density at radius 2 is 2.28 bits per heavy atom. The van der Waals surface area contributed by atoms with Gasteiger partial charge in [0.2, 0.25) is 5.91 Å². The van der Waals surface area contributed by atoms with Crippen LogP contribution < -0.4 is 15.4 Å². The molecule has 4 nitrogen and oxygen atoms in total. The second kappa shape index (κ2) is 8.00. The zero-order chi connectivity index (χ0) is 13.4. The van der Waals surface area contributed by atoms with E-state index in [-0.39, 0.29) is 11.9 Å². The fourth-order valence-corrected chi connectivity index (χ4v) is 2.03. The van der Waals surface area contributed by atoms with Crippen LogP contribution in [-0.2, 0) is 4.79 Å². The molecule has 1 unspecified atom stereocenters. The number of benzene rings is 1. The molecule has 1 aromatic carbocycles. The minimum atomic E-state index is 0.0462. The molecular weight excluding hydrogens is 248 g/mol. The molecule has 0 spiro atoms. The summed E-state index contributed by atoms with van der Waals surface area (Å²) in [7, 11) is 3.51. The summed E-state index contributed by atoms with van der Waals surface area (Å²) in [6.45, 7) is 2.67. The maximum Gasteiger partial charge on any atom is 0.230 e. The Hall–Kier alpha value is -1.20. The van der Waals surface area contributed by atoms with Crippen LogP contribution in [0.1, 0.15) is 6.92 Å². The first-order valence-corrected chi connectivity index (χ1v) is 6.85. The van der Waals surface area contributed by atoms with Crippen LogP contribution in [0.25, 0.3) is 0 Å². The lowest BCUT2D eigenvalue weighted by atomic mass is 10.3. The lowest BCUT2D eigenvalue weighted by molar-refractivity contribution is -0.118. The van der Waals surface area contributed by atoms with E-state index in [0.29, 0.717) is 12.3 Å². The number of ether oxygens (including phenoxy) is 1. The molecule has 0 bridgehead atoms. The normalized spacial score (nSPS) is 11.9. The van der Waals surface area contributed by atoms with Gasteiger partial charge in [-0.2, -0.15) is 0 Å². The lowest BCUT2D eigenvalue weighted by Gasteiger charge is -2.11. The van der Waals surface area contributed by atoms with Crippen molar-refractivity contribution in [3.05, 3.63) is 24.3 Å². The van der Waals surface area contributed by atoms with Crippen molar-refractivity contribution in [2.75, 3.05) is 26.5 Å². The number of hydrogen-bond donors (Lipinski definition) is 2. The van der Waals surface area contributed by atoms with Crippen LogP contribution in [-0.4, -0.2) is 38.4 Å². The monoisotopic (exact) mass is 268 g/mol. The molecular formula is C13H20N2O2S. The molecule has 0 heterocycles. The van der Waals surface area contributed by atoms with E-state index in [9.17, 15) is 4.79 Å². The molecule has 0 aliphatic heterocycles. The highest BCUT2D eigenvalue weighted by atomic mass is 32.2. The Balaban J connectivity index is 2.33. The second-order valence-electron chi connectivity index (χ2n) is 3.96. The van der Waals surface area contributed by atoms with Gasteiger partial charge in [-0.1, -0.05) is 6.07 Å². The quantitative estimate of drug-likeness (QED) is 0.736. The molecule has 0 radical (unpaired) electrons. The third-order valence-electron chi connectivity index (χ3n) is 2.51. The largest absolute Gasteiger partial charge is 0.497 e. The SMILES string of the molecule is CNC(C)CNC(=O)CSc1cccc(OC)c1. The van der Waals surface area contributed by atoms with Crippen LogP contribution >= 0.6 is 11.8 Å². The zero-order valence-electron chi connectivity index (χ0n) is 11.0. The average molecular weight is 268 g/mol. The Bertz CT molecular complexity index is 385. The van der Waals surface area contributed by atoms with Gasteiger partial charge in [0.15, 0.2) is 0 Å². The molecule has 1 atom stereocenters. The summed E-state index contributed by atoms with van der Waals surface area (Å²) in [6.07, 6.45) is 0. The highest BCUT2D eigenvalue weighted by molar-refractivity contribution is 8.00. The van der Waals surface area contributed by atoms with Crippen molar-refractivity contribution < 1.29 is 9.53 Å². The lowest BCUT2D eigenvalue weighted by Crippen LogP contribution is -2.37. The van der Waals surface area contributed by atoms with Crippen LogP contribution in [0.2, 0.25) is 0 Å². The summed E-state index contributed by atoms with van der Waals surface area (Å²) in [4.78, 5) is 12.6. The van der Waals surface area contributed by atoms with E-state index in [0.717, 1.165) is 10.6 Å². The highest BCUT2D eigenvalue weighted by Gasteiger charge is 2.05. The Morgan fingerprint density at radius 3 is 2.94 bits per heavy atom. The summed E-state index contributed by atoms with van der Waals surface area (Å²) in [5, 5.41) is 5.95. The fraction of sp³-hybridized carbons (Fsp3) is 0.462. The molecule has 2 N–H and O–H groups in total. The number of likely N-dealkylation sites (N-methyl/N-ethyl adjacent to an activating group) is 1. The molecule has 18 heavy (non-hydrogen) atoms. The van der Waals surface area contributed by atoms with Gasteiger partial charge in [-0.3, -0.25) is 4.79 Å². The maximum atomic E-state index is 11.6. The van der Waals surface area contributed by atoms with Crippen molar-refractivity contribution >= 4 is 17.7 Å². The number of methoxy groups -OCH3 is 1. The maximum absolute atomic E-state index is 11.6. The first-order valence-electron chi connectivity index (χ1n) is 5.86. The average Bonchev–Trinajstić information content (AvgIpc) is 2.42. The van der Waals surface area contributed by atoms with Crippen molar-refractivity contribution in [1.29, 1.82) is 0 Å². The molecule has 1 amide bonds. The Kier molecular flexibility index (Phi) is 6.60. The standard InChI is InChI=1S/C13H20N2O2S/c1-10(14-2)8-15-13(16)9-18-12-6-4-5-11(7-12)17-3/h4-7,10,14H,8-9H2,1-3H3,(H,15,16). The van der Waals surface area contributed by atoms with Gasteiger partial charge in [-0.15, -0.1) is 11.8 Å². The topological polar surface area (TPSA) is 50.4 Å². The molecule has 5 heteroatoms. The third kappa shape index (κ3) is 5.42. The van der Waals surface area contributed by atoms with E-state index in [2.05, 4.69) is 10.6 Å². The van der Waals surface area contributed by atoms with Gasteiger partial charge in [0.1, 0.15) is 5.75 Å². The fourth-order valence-electron chi connectivity index (χ4n) is 1.26. The molecule has 0 aromatic heterocycles. The van der Waals surface area contributed by atoms with Crippen LogP contribution in [0.5, 0.6) is 5.75 Å². The first kappa shape index (κ1) is 14.9. The minimum absolute atomic E-state index is 0.0462. The van der Waals surface area contributed by atoms with Crippen LogP contribution in [0.15, 0.2) is 29.2 Å². The van der Waals surface area contributed by atoms with Gasteiger partial charge in [-0.25, -0.2) is 0 Å². The van der Waals surface area contributed by atoms with Gasteiger partial charge in [0, 0.05) is 17.5 Å². The van der Waals surface area contributed by atoms with Crippen LogP contribution in [0.4, 0.5) is 0 Å². The number of carbonyl (C=O) groups is 1. The van der Waals surface area contributed by atoms with Crippen LogP contribution in [0, 0.1) is 0 Å².